The van der Waals surface area contributed by atoms with Gasteiger partial charge in [-0.1, -0.05) is 11.1 Å². The summed E-state index contributed by atoms with van der Waals surface area (Å²) in [7, 11) is 0. The Morgan fingerprint density at radius 3 is 2.11 bits per heavy atom. The van der Waals surface area contributed by atoms with E-state index in [1.54, 1.807) is 6.92 Å². The van der Waals surface area contributed by atoms with Gasteiger partial charge in [0.15, 0.2) is 0 Å². The maximum Gasteiger partial charge on any atom is 0.137 e. The first kappa shape index (κ1) is 6.53. The quantitative estimate of drug-likeness (QED) is 0.488. The number of hydrogen-bond donors (Lipinski definition) is 0. The zero-order valence-electron chi connectivity index (χ0n) is 6.19. The fourth-order valence-electron chi connectivity index (χ4n) is 1.10. The molecule has 1 atom stereocenters. The van der Waals surface area contributed by atoms with Gasteiger partial charge in [-0.25, -0.2) is 0 Å². The molecule has 0 aromatic carbocycles. The zero-order valence-corrected chi connectivity index (χ0v) is 6.19. The minimum atomic E-state index is 0.301. The Balaban J connectivity index is 2.61. The fourth-order valence-corrected chi connectivity index (χ4v) is 1.10. The minimum absolute atomic E-state index is 0.301. The van der Waals surface area contributed by atoms with E-state index in [0.29, 0.717) is 11.7 Å². The third-order valence-electron chi connectivity index (χ3n) is 1.82. The molecule has 1 saturated carbocycles. The molecule has 1 nitrogen and oxygen atoms in total. The van der Waals surface area contributed by atoms with E-state index in [9.17, 15) is 4.79 Å². The molecule has 1 heteroatoms. The van der Waals surface area contributed by atoms with Crippen LogP contribution in [0.25, 0.3) is 0 Å². The highest BCUT2D eigenvalue weighted by Gasteiger charge is 2.34. The topological polar surface area (TPSA) is 17.1 Å². The van der Waals surface area contributed by atoms with Crippen LogP contribution in [0.15, 0.2) is 11.1 Å². The average molecular weight is 124 g/mol. The van der Waals surface area contributed by atoms with Crippen molar-refractivity contribution in [2.24, 2.45) is 5.92 Å². The van der Waals surface area contributed by atoms with Crippen LogP contribution in [-0.2, 0) is 4.79 Å². The van der Waals surface area contributed by atoms with Gasteiger partial charge < -0.3 is 0 Å². The Hall–Kier alpha value is -0.590. The molecule has 0 radical (unpaired) electrons. The molecule has 0 aliphatic heterocycles. The molecular weight excluding hydrogens is 112 g/mol. The number of allylic oxidation sites excluding steroid dienone is 2. The molecule has 1 aliphatic carbocycles. The summed E-state index contributed by atoms with van der Waals surface area (Å²) in [5.41, 5.74) is 2.69. The second kappa shape index (κ2) is 1.98. The molecule has 0 heterocycles. The lowest BCUT2D eigenvalue weighted by molar-refractivity contribution is -0.117. The summed E-state index contributed by atoms with van der Waals surface area (Å²) in [4.78, 5) is 10.7. The third-order valence-corrected chi connectivity index (χ3v) is 1.82. The smallest absolute Gasteiger partial charge is 0.137 e. The predicted octanol–water partition coefficient (Wildman–Crippen LogP) is 1.93. The van der Waals surface area contributed by atoms with E-state index in [4.69, 9.17) is 0 Å². The molecular formula is C8H12O. The molecule has 1 unspecified atom stereocenters. The molecule has 9 heavy (non-hydrogen) atoms. The van der Waals surface area contributed by atoms with Crippen molar-refractivity contribution in [1.82, 2.24) is 0 Å². The molecule has 1 rings (SSSR count). The highest BCUT2D eigenvalue weighted by Crippen LogP contribution is 2.40. The average Bonchev–Trinajstić information content (AvgIpc) is 2.39. The van der Waals surface area contributed by atoms with E-state index in [1.165, 1.54) is 11.1 Å². The Morgan fingerprint density at radius 1 is 1.44 bits per heavy atom. The van der Waals surface area contributed by atoms with Crippen molar-refractivity contribution < 1.29 is 4.79 Å². The van der Waals surface area contributed by atoms with E-state index in [0.717, 1.165) is 6.42 Å². The normalized spacial score (nSPS) is 23.9. The summed E-state index contributed by atoms with van der Waals surface area (Å²) in [6.45, 7) is 5.80. The number of ketones is 1. The number of carbonyl (C=O) groups is 1. The molecule has 0 spiro atoms. The molecule has 0 saturated heterocycles. The van der Waals surface area contributed by atoms with Gasteiger partial charge in [-0.05, 0) is 27.2 Å². The first-order valence-electron chi connectivity index (χ1n) is 3.29. The lowest BCUT2D eigenvalue weighted by Gasteiger charge is -1.84. The van der Waals surface area contributed by atoms with Gasteiger partial charge in [0.05, 0.1) is 0 Å². The van der Waals surface area contributed by atoms with Gasteiger partial charge in [0.2, 0.25) is 0 Å². The summed E-state index contributed by atoms with van der Waals surface area (Å²) in [5, 5.41) is 0. The molecule has 1 aliphatic rings. The van der Waals surface area contributed by atoms with Gasteiger partial charge >= 0.3 is 0 Å². The minimum Gasteiger partial charge on any atom is -0.299 e. The third kappa shape index (κ3) is 1.21. The molecule has 50 valence electrons. The van der Waals surface area contributed by atoms with Crippen molar-refractivity contribution in [3.05, 3.63) is 11.1 Å². The Morgan fingerprint density at radius 2 is 2.00 bits per heavy atom. The monoisotopic (exact) mass is 124 g/mol. The number of Topliss-reactive ketones (excluding diaryl/α,β-unsaturated/α-hetero) is 1. The van der Waals surface area contributed by atoms with Crippen LogP contribution in [0, 0.1) is 5.92 Å². The van der Waals surface area contributed by atoms with Crippen LogP contribution < -0.4 is 0 Å². The number of rotatable bonds is 1. The zero-order chi connectivity index (χ0) is 7.02. The Kier molecular flexibility index (Phi) is 1.43. The number of carbonyl (C=O) groups excluding carboxylic acids is 1. The summed E-state index contributed by atoms with van der Waals surface area (Å²) in [6, 6.07) is 0. The molecule has 0 N–H and O–H groups in total. The first-order chi connectivity index (χ1) is 4.13. The van der Waals surface area contributed by atoms with Crippen molar-refractivity contribution >= 4 is 5.78 Å². The summed E-state index contributed by atoms with van der Waals surface area (Å²) < 4.78 is 0. The van der Waals surface area contributed by atoms with Crippen LogP contribution in [0.4, 0.5) is 0 Å². The van der Waals surface area contributed by atoms with E-state index in [1.807, 2.05) is 0 Å². The molecule has 0 aromatic heterocycles. The summed E-state index contributed by atoms with van der Waals surface area (Å²) in [5.74, 6) is 0.626. The highest BCUT2D eigenvalue weighted by molar-refractivity contribution is 5.86. The lowest BCUT2D eigenvalue weighted by Crippen LogP contribution is -1.90. The fraction of sp³-hybridized carbons (Fsp3) is 0.625. The van der Waals surface area contributed by atoms with E-state index in [-0.39, 0.29) is 0 Å². The van der Waals surface area contributed by atoms with Gasteiger partial charge in [-0.3, -0.25) is 4.79 Å². The maximum absolute atomic E-state index is 10.7. The molecule has 0 bridgehead atoms. The van der Waals surface area contributed by atoms with Crippen molar-refractivity contribution in [1.29, 1.82) is 0 Å². The van der Waals surface area contributed by atoms with Crippen molar-refractivity contribution in [3.8, 4) is 0 Å². The summed E-state index contributed by atoms with van der Waals surface area (Å²) >= 11 is 0. The van der Waals surface area contributed by atoms with E-state index >= 15 is 0 Å². The van der Waals surface area contributed by atoms with E-state index in [2.05, 4.69) is 13.8 Å². The molecule has 0 amide bonds. The SMILES string of the molecule is CC(=O)C1CC1=C(C)C. The van der Waals surface area contributed by atoms with Crippen molar-refractivity contribution in [3.63, 3.8) is 0 Å². The van der Waals surface area contributed by atoms with Crippen LogP contribution in [-0.4, -0.2) is 5.78 Å². The van der Waals surface area contributed by atoms with Gasteiger partial charge in [0.25, 0.3) is 0 Å². The highest BCUT2D eigenvalue weighted by atomic mass is 16.1. The van der Waals surface area contributed by atoms with Gasteiger partial charge in [-0.2, -0.15) is 0 Å². The van der Waals surface area contributed by atoms with Crippen molar-refractivity contribution in [2.75, 3.05) is 0 Å². The van der Waals surface area contributed by atoms with Crippen LogP contribution in [0.3, 0.4) is 0 Å². The first-order valence-corrected chi connectivity index (χ1v) is 3.29. The second-order valence-electron chi connectivity index (χ2n) is 2.89. The Bertz CT molecular complexity index is 173. The lowest BCUT2D eigenvalue weighted by atomic mass is 10.2. The van der Waals surface area contributed by atoms with Crippen LogP contribution in [0.2, 0.25) is 0 Å². The predicted molar refractivity (Wildman–Crippen MR) is 37.2 cm³/mol. The van der Waals surface area contributed by atoms with Gasteiger partial charge in [0, 0.05) is 5.92 Å². The molecule has 1 fully saturated rings. The number of hydrogen-bond acceptors (Lipinski definition) is 1. The van der Waals surface area contributed by atoms with Crippen LogP contribution >= 0.6 is 0 Å². The van der Waals surface area contributed by atoms with Gasteiger partial charge in [-0.15, -0.1) is 0 Å². The maximum atomic E-state index is 10.7. The molecule has 0 aromatic rings. The van der Waals surface area contributed by atoms with Crippen molar-refractivity contribution in [2.45, 2.75) is 27.2 Å². The standard InChI is InChI=1S/C8H12O/c1-5(2)7-4-8(7)6(3)9/h8H,4H2,1-3H3. The van der Waals surface area contributed by atoms with Gasteiger partial charge in [0.1, 0.15) is 5.78 Å². The van der Waals surface area contributed by atoms with Crippen LogP contribution in [0.5, 0.6) is 0 Å². The van der Waals surface area contributed by atoms with Crippen LogP contribution in [0.1, 0.15) is 27.2 Å². The Labute approximate surface area is 55.8 Å². The second-order valence-corrected chi connectivity index (χ2v) is 2.89. The van der Waals surface area contributed by atoms with E-state index < -0.39 is 0 Å². The largest absolute Gasteiger partial charge is 0.299 e. The summed E-state index contributed by atoms with van der Waals surface area (Å²) in [6.07, 6.45) is 1.03.